The molecular weight excluding hydrogens is 833 g/mol. The Balaban J connectivity index is 1.28. The van der Waals surface area contributed by atoms with Gasteiger partial charge in [0.25, 0.3) is 0 Å². The minimum atomic E-state index is -2.27. The zero-order chi connectivity index (χ0) is 44.2. The average Bonchev–Trinajstić information content (AvgIpc) is 3.30. The molecule has 0 bridgehead atoms. The monoisotopic (exact) mass is 898 g/mol. The lowest BCUT2D eigenvalue weighted by molar-refractivity contribution is -0.369. The van der Waals surface area contributed by atoms with E-state index >= 15 is 0 Å². The molecule has 340 valence electrons. The predicted octanol–water partition coefficient (Wildman–Crippen LogP) is 10.0. The smallest absolute Gasteiger partial charge is 0.192 e. The quantitative estimate of drug-likeness (QED) is 0.0627. The summed E-state index contributed by atoms with van der Waals surface area (Å²) >= 11 is 1.65. The Labute approximate surface area is 380 Å². The van der Waals surface area contributed by atoms with E-state index in [2.05, 4.69) is 71.6 Å². The highest BCUT2D eigenvalue weighted by Crippen LogP contribution is 2.42. The highest BCUT2D eigenvalue weighted by Gasteiger charge is 2.56. The standard InChI is InChI=1S/C51H66O10SSi/c1-8-30-52-45-43-40(34-56-48(60-43)39-28-20-13-21-29-39)59-50(62-9-2)47(45)61-49-46(55-33-38-26-18-12-19-27-38)44(54-32-37-24-16-11-17-25-37)42(53-31-36-22-14-10-15-23-36)41(58-49)35-57-63(6,7)51(3,4)5/h8,10-29,40-50H,1,9,30-35H2,2-7H3/t40-,41-,42-,43-,44+,45+,46-,47+,48-,49+,50-/m1/s1. The first kappa shape index (κ1) is 47.7. The van der Waals surface area contributed by atoms with Gasteiger partial charge in [0.2, 0.25) is 0 Å². The molecule has 0 radical (unpaired) electrons. The summed E-state index contributed by atoms with van der Waals surface area (Å²) in [4.78, 5) is 0. The van der Waals surface area contributed by atoms with Gasteiger partial charge in [-0.2, -0.15) is 0 Å². The van der Waals surface area contributed by atoms with Crippen LogP contribution in [0, 0.1) is 0 Å². The lowest BCUT2D eigenvalue weighted by Crippen LogP contribution is -2.66. The van der Waals surface area contributed by atoms with Crippen molar-refractivity contribution >= 4 is 20.1 Å². The number of benzene rings is 4. The fourth-order valence-electron chi connectivity index (χ4n) is 7.79. The number of thioether (sulfide) groups is 1. The highest BCUT2D eigenvalue weighted by molar-refractivity contribution is 7.99. The maximum atomic E-state index is 7.37. The first-order valence-corrected chi connectivity index (χ1v) is 26.2. The Kier molecular flexibility index (Phi) is 17.3. The van der Waals surface area contributed by atoms with Crippen molar-refractivity contribution in [3.8, 4) is 0 Å². The molecule has 3 saturated heterocycles. The van der Waals surface area contributed by atoms with Gasteiger partial charge in [0.15, 0.2) is 20.9 Å². The molecule has 0 aromatic heterocycles. The predicted molar refractivity (Wildman–Crippen MR) is 248 cm³/mol. The fraction of sp³-hybridized carbons (Fsp3) is 0.490. The Bertz CT molecular complexity index is 1940. The fourth-order valence-corrected chi connectivity index (χ4v) is 9.76. The highest BCUT2D eigenvalue weighted by atomic mass is 32.2. The van der Waals surface area contributed by atoms with Gasteiger partial charge in [0, 0.05) is 5.56 Å². The molecular formula is C51H66O10SSi. The normalized spacial score (nSPS) is 28.9. The third-order valence-electron chi connectivity index (χ3n) is 12.2. The maximum Gasteiger partial charge on any atom is 0.192 e. The summed E-state index contributed by atoms with van der Waals surface area (Å²) in [6, 6.07) is 40.4. The zero-order valence-electron chi connectivity index (χ0n) is 37.6. The summed E-state index contributed by atoms with van der Waals surface area (Å²) in [7, 11) is -2.27. The molecule has 0 unspecified atom stereocenters. The van der Waals surface area contributed by atoms with Crippen molar-refractivity contribution in [2.45, 2.75) is 132 Å². The summed E-state index contributed by atoms with van der Waals surface area (Å²) < 4.78 is 69.2. The molecule has 11 atom stereocenters. The summed E-state index contributed by atoms with van der Waals surface area (Å²) in [6.45, 7) is 19.1. The van der Waals surface area contributed by atoms with Gasteiger partial charge in [-0.05, 0) is 40.6 Å². The molecule has 3 fully saturated rings. The second kappa shape index (κ2) is 22.8. The van der Waals surface area contributed by atoms with Crippen molar-refractivity contribution in [2.75, 3.05) is 25.6 Å². The van der Waals surface area contributed by atoms with E-state index in [4.69, 9.17) is 47.1 Å². The van der Waals surface area contributed by atoms with Crippen LogP contribution in [0.5, 0.6) is 0 Å². The van der Waals surface area contributed by atoms with Crippen LogP contribution in [0.3, 0.4) is 0 Å². The third kappa shape index (κ3) is 12.6. The van der Waals surface area contributed by atoms with Crippen molar-refractivity contribution < 1.29 is 47.1 Å². The maximum absolute atomic E-state index is 7.37. The summed E-state index contributed by atoms with van der Waals surface area (Å²) in [5, 5.41) is -0.0416. The zero-order valence-corrected chi connectivity index (χ0v) is 39.4. The second-order valence-corrected chi connectivity index (χ2v) is 23.9. The number of hydrogen-bond donors (Lipinski definition) is 0. The van der Waals surface area contributed by atoms with Crippen LogP contribution in [0.15, 0.2) is 134 Å². The van der Waals surface area contributed by atoms with E-state index in [1.54, 1.807) is 17.8 Å². The molecule has 3 heterocycles. The van der Waals surface area contributed by atoms with E-state index in [0.717, 1.165) is 28.0 Å². The molecule has 63 heavy (non-hydrogen) atoms. The van der Waals surface area contributed by atoms with E-state index in [0.29, 0.717) is 19.8 Å². The lowest BCUT2D eigenvalue weighted by Gasteiger charge is -2.52. The van der Waals surface area contributed by atoms with Crippen LogP contribution in [0.25, 0.3) is 0 Å². The summed E-state index contributed by atoms with van der Waals surface area (Å²) in [5.41, 5.74) is 3.51. The van der Waals surface area contributed by atoms with Gasteiger partial charge < -0.3 is 47.1 Å². The van der Waals surface area contributed by atoms with Gasteiger partial charge in [0.1, 0.15) is 54.3 Å². The molecule has 0 amide bonds. The Morgan fingerprint density at radius 2 is 1.21 bits per heavy atom. The number of ether oxygens (including phenoxy) is 9. The van der Waals surface area contributed by atoms with Crippen LogP contribution in [0.2, 0.25) is 18.1 Å². The van der Waals surface area contributed by atoms with E-state index in [-0.39, 0.29) is 24.9 Å². The minimum absolute atomic E-state index is 0.0416. The molecule has 3 aliphatic heterocycles. The minimum Gasteiger partial charge on any atom is -0.414 e. The summed E-state index contributed by atoms with van der Waals surface area (Å²) in [5.74, 6) is 0.769. The van der Waals surface area contributed by atoms with E-state index in [1.807, 2.05) is 97.1 Å². The van der Waals surface area contributed by atoms with Crippen LogP contribution < -0.4 is 0 Å². The number of rotatable bonds is 20. The SMILES string of the molecule is C=CCO[C@@H]1[C@H](O[C@@H]2O[C@H](CO[Si](C)(C)C(C)(C)C)[C@@H](OCc3ccccc3)[C@H](OCc3ccccc3)[C@H]2OCc2ccccc2)[C@@H](SCC)O[C@@H]2CO[C@@H](c3ccccc3)O[C@@H]12. The van der Waals surface area contributed by atoms with Crippen molar-refractivity contribution in [2.24, 2.45) is 0 Å². The molecule has 0 spiro atoms. The molecule has 7 rings (SSSR count). The van der Waals surface area contributed by atoms with Crippen LogP contribution in [0.4, 0.5) is 0 Å². The van der Waals surface area contributed by atoms with E-state index < -0.39 is 75.2 Å². The van der Waals surface area contributed by atoms with Gasteiger partial charge in [-0.3, -0.25) is 0 Å². The average molecular weight is 899 g/mol. The summed E-state index contributed by atoms with van der Waals surface area (Å²) in [6.07, 6.45) is -4.65. The Morgan fingerprint density at radius 1 is 0.667 bits per heavy atom. The molecule has 0 saturated carbocycles. The first-order valence-electron chi connectivity index (χ1n) is 22.3. The largest absolute Gasteiger partial charge is 0.414 e. The molecule has 0 aliphatic carbocycles. The van der Waals surface area contributed by atoms with Crippen molar-refractivity contribution in [3.05, 3.63) is 156 Å². The van der Waals surface area contributed by atoms with Crippen LogP contribution >= 0.6 is 11.8 Å². The first-order chi connectivity index (χ1) is 30.5. The number of fused-ring (bicyclic) bond motifs is 1. The van der Waals surface area contributed by atoms with Gasteiger partial charge in [-0.1, -0.05) is 155 Å². The Hall–Kier alpha value is -3.21. The van der Waals surface area contributed by atoms with Crippen molar-refractivity contribution in [1.29, 1.82) is 0 Å². The van der Waals surface area contributed by atoms with E-state index in [1.165, 1.54) is 0 Å². The Morgan fingerprint density at radius 3 is 1.75 bits per heavy atom. The van der Waals surface area contributed by atoms with Crippen LogP contribution in [0.1, 0.15) is 56.2 Å². The van der Waals surface area contributed by atoms with Gasteiger partial charge in [0.05, 0.1) is 39.6 Å². The molecule has 4 aromatic rings. The van der Waals surface area contributed by atoms with Gasteiger partial charge in [-0.15, -0.1) is 18.3 Å². The molecule has 3 aliphatic rings. The van der Waals surface area contributed by atoms with Crippen LogP contribution in [-0.2, 0) is 66.9 Å². The second-order valence-electron chi connectivity index (χ2n) is 17.8. The lowest BCUT2D eigenvalue weighted by atomic mass is 9.96. The molecule has 12 heteroatoms. The number of hydrogen-bond acceptors (Lipinski definition) is 11. The third-order valence-corrected chi connectivity index (χ3v) is 17.8. The molecule has 0 N–H and O–H groups in total. The molecule has 4 aromatic carbocycles. The van der Waals surface area contributed by atoms with Gasteiger partial charge >= 0.3 is 0 Å². The molecule has 10 nitrogen and oxygen atoms in total. The van der Waals surface area contributed by atoms with Crippen molar-refractivity contribution in [1.82, 2.24) is 0 Å². The van der Waals surface area contributed by atoms with Crippen molar-refractivity contribution in [3.63, 3.8) is 0 Å². The van der Waals surface area contributed by atoms with Gasteiger partial charge in [-0.25, -0.2) is 0 Å². The topological polar surface area (TPSA) is 92.3 Å². The van der Waals surface area contributed by atoms with Crippen LogP contribution in [-0.4, -0.2) is 94.4 Å². The van der Waals surface area contributed by atoms with E-state index in [9.17, 15) is 0 Å².